The maximum absolute atomic E-state index is 13.3. The first-order chi connectivity index (χ1) is 14.9. The fraction of sp³-hybridized carbons (Fsp3) is 0.174. The summed E-state index contributed by atoms with van der Waals surface area (Å²) < 4.78 is 1.05. The van der Waals surface area contributed by atoms with E-state index >= 15 is 0 Å². The van der Waals surface area contributed by atoms with Gasteiger partial charge in [0.05, 0.1) is 33.8 Å². The van der Waals surface area contributed by atoms with E-state index in [0.717, 1.165) is 27.0 Å². The number of fused-ring (bicyclic) bond motifs is 1. The van der Waals surface area contributed by atoms with Crippen molar-refractivity contribution >= 4 is 38.3 Å². The number of nitro benzene ring substituents is 1. The highest BCUT2D eigenvalue weighted by Gasteiger charge is 2.22. The molecule has 2 aromatic heterocycles. The van der Waals surface area contributed by atoms with Gasteiger partial charge in [0.1, 0.15) is 0 Å². The Morgan fingerprint density at radius 1 is 1.13 bits per heavy atom. The molecule has 0 unspecified atom stereocenters. The predicted molar refractivity (Wildman–Crippen MR) is 121 cm³/mol. The Bertz CT molecular complexity index is 1250. The summed E-state index contributed by atoms with van der Waals surface area (Å²) in [5.74, 6) is -0.145. The predicted octanol–water partition coefficient (Wildman–Crippen LogP) is 4.99. The first kappa shape index (κ1) is 20.6. The minimum Gasteiger partial charge on any atom is -0.282 e. The maximum atomic E-state index is 13.3. The molecule has 0 saturated heterocycles. The van der Waals surface area contributed by atoms with Crippen molar-refractivity contribution in [1.82, 2.24) is 9.97 Å². The van der Waals surface area contributed by atoms with E-state index in [1.165, 1.54) is 23.5 Å². The van der Waals surface area contributed by atoms with Gasteiger partial charge in [0, 0.05) is 18.3 Å². The average Bonchev–Trinajstić information content (AvgIpc) is 3.17. The van der Waals surface area contributed by atoms with Gasteiger partial charge in [0.2, 0.25) is 5.91 Å². The van der Waals surface area contributed by atoms with E-state index in [9.17, 15) is 14.9 Å². The molecule has 8 heteroatoms. The van der Waals surface area contributed by atoms with Crippen LogP contribution in [0.3, 0.4) is 0 Å². The van der Waals surface area contributed by atoms with Gasteiger partial charge in [-0.2, -0.15) is 0 Å². The minimum atomic E-state index is -0.454. The van der Waals surface area contributed by atoms with Gasteiger partial charge < -0.3 is 0 Å². The number of hydrogen-bond donors (Lipinski definition) is 0. The number of nitro groups is 1. The van der Waals surface area contributed by atoms with E-state index in [2.05, 4.69) is 11.1 Å². The molecule has 4 aromatic rings. The van der Waals surface area contributed by atoms with Crippen molar-refractivity contribution in [2.45, 2.75) is 26.8 Å². The third-order valence-corrected chi connectivity index (χ3v) is 6.12. The molecule has 156 valence electrons. The summed E-state index contributed by atoms with van der Waals surface area (Å²) in [7, 11) is 0. The Morgan fingerprint density at radius 3 is 2.58 bits per heavy atom. The molecule has 0 bridgehead atoms. The zero-order chi connectivity index (χ0) is 22.0. The number of aromatic nitrogens is 2. The number of rotatable bonds is 6. The Labute approximate surface area is 183 Å². The van der Waals surface area contributed by atoms with Crippen LogP contribution in [0.25, 0.3) is 10.2 Å². The van der Waals surface area contributed by atoms with E-state index in [0.29, 0.717) is 17.2 Å². The van der Waals surface area contributed by atoms with Crippen LogP contribution < -0.4 is 4.90 Å². The molecule has 4 rings (SSSR count). The van der Waals surface area contributed by atoms with Crippen molar-refractivity contribution in [3.8, 4) is 0 Å². The summed E-state index contributed by atoms with van der Waals surface area (Å²) in [6, 6.07) is 15.7. The molecule has 0 aliphatic carbocycles. The summed E-state index contributed by atoms with van der Waals surface area (Å²) in [6.07, 6.45) is 1.80. The van der Waals surface area contributed by atoms with E-state index in [4.69, 9.17) is 4.98 Å². The fourth-order valence-corrected chi connectivity index (χ4v) is 4.43. The quantitative estimate of drug-likeness (QED) is 0.316. The second-order valence-corrected chi connectivity index (χ2v) is 8.31. The lowest BCUT2D eigenvalue weighted by Crippen LogP contribution is -2.32. The van der Waals surface area contributed by atoms with E-state index < -0.39 is 4.92 Å². The SMILES string of the molecule is Cc1cc(C)c2sc(N(Cc3ccccn3)C(=O)Cc3ccc([N+](=O)[O-])cc3)nc2c1. The van der Waals surface area contributed by atoms with Gasteiger partial charge in [0.15, 0.2) is 5.13 Å². The highest BCUT2D eigenvalue weighted by atomic mass is 32.1. The molecule has 0 radical (unpaired) electrons. The first-order valence-corrected chi connectivity index (χ1v) is 10.5. The molecule has 0 fully saturated rings. The molecular weight excluding hydrogens is 412 g/mol. The summed E-state index contributed by atoms with van der Waals surface area (Å²) in [5, 5.41) is 11.5. The van der Waals surface area contributed by atoms with Crippen LogP contribution in [0.15, 0.2) is 60.8 Å². The Balaban J connectivity index is 1.67. The van der Waals surface area contributed by atoms with Gasteiger partial charge in [0.25, 0.3) is 5.69 Å². The molecule has 0 saturated carbocycles. The van der Waals surface area contributed by atoms with Gasteiger partial charge in [-0.05, 0) is 48.7 Å². The molecule has 0 aliphatic heterocycles. The number of thiazole rings is 1. The van der Waals surface area contributed by atoms with Crippen molar-refractivity contribution in [3.63, 3.8) is 0 Å². The highest BCUT2D eigenvalue weighted by Crippen LogP contribution is 2.33. The number of anilines is 1. The molecule has 1 amide bonds. The van der Waals surface area contributed by atoms with E-state index in [-0.39, 0.29) is 18.0 Å². The summed E-state index contributed by atoms with van der Waals surface area (Å²) in [5.41, 5.74) is 4.57. The molecule has 0 spiro atoms. The standard InChI is InChI=1S/C23H20N4O3S/c1-15-11-16(2)22-20(12-15)25-23(31-22)26(14-18-5-3-4-10-24-18)21(28)13-17-6-8-19(9-7-17)27(29)30/h3-12H,13-14H2,1-2H3. The smallest absolute Gasteiger partial charge is 0.269 e. The van der Waals surface area contributed by atoms with Crippen LogP contribution >= 0.6 is 11.3 Å². The van der Waals surface area contributed by atoms with Gasteiger partial charge in [-0.15, -0.1) is 0 Å². The average molecular weight is 433 g/mol. The van der Waals surface area contributed by atoms with Crippen LogP contribution in [0.1, 0.15) is 22.4 Å². The highest BCUT2D eigenvalue weighted by molar-refractivity contribution is 7.22. The normalized spacial score (nSPS) is 10.9. The monoisotopic (exact) mass is 432 g/mol. The number of aryl methyl sites for hydroxylation is 2. The van der Waals surface area contributed by atoms with Crippen molar-refractivity contribution in [3.05, 3.63) is 93.3 Å². The van der Waals surface area contributed by atoms with Gasteiger partial charge in [-0.3, -0.25) is 24.8 Å². The Morgan fingerprint density at radius 2 is 1.90 bits per heavy atom. The van der Waals surface area contributed by atoms with Gasteiger partial charge >= 0.3 is 0 Å². The number of carbonyl (C=O) groups is 1. The molecule has 0 atom stereocenters. The third kappa shape index (κ3) is 4.59. The van der Waals surface area contributed by atoms with E-state index in [1.807, 2.05) is 38.1 Å². The van der Waals surface area contributed by atoms with Crippen molar-refractivity contribution in [2.75, 3.05) is 4.90 Å². The molecule has 31 heavy (non-hydrogen) atoms. The van der Waals surface area contributed by atoms with Crippen LogP contribution in [0, 0.1) is 24.0 Å². The van der Waals surface area contributed by atoms with Crippen molar-refractivity contribution in [2.24, 2.45) is 0 Å². The summed E-state index contributed by atoms with van der Waals surface area (Å²) >= 11 is 1.48. The minimum absolute atomic E-state index is 0.00133. The van der Waals surface area contributed by atoms with Crippen LogP contribution in [0.2, 0.25) is 0 Å². The lowest BCUT2D eigenvalue weighted by molar-refractivity contribution is -0.384. The van der Waals surface area contributed by atoms with Gasteiger partial charge in [-0.1, -0.05) is 35.6 Å². The maximum Gasteiger partial charge on any atom is 0.269 e. The van der Waals surface area contributed by atoms with Crippen LogP contribution in [0.5, 0.6) is 0 Å². The zero-order valence-electron chi connectivity index (χ0n) is 17.1. The summed E-state index contributed by atoms with van der Waals surface area (Å²) in [4.78, 5) is 34.5. The van der Waals surface area contributed by atoms with Crippen LogP contribution in [-0.2, 0) is 17.8 Å². The van der Waals surface area contributed by atoms with Crippen LogP contribution in [-0.4, -0.2) is 20.8 Å². The third-order valence-electron chi connectivity index (χ3n) is 4.89. The molecule has 0 aliphatic rings. The number of carbonyl (C=O) groups excluding carboxylic acids is 1. The largest absolute Gasteiger partial charge is 0.282 e. The molecule has 2 heterocycles. The Kier molecular flexibility index (Phi) is 5.73. The van der Waals surface area contributed by atoms with Gasteiger partial charge in [-0.25, -0.2) is 4.98 Å². The fourth-order valence-electron chi connectivity index (χ4n) is 3.40. The number of pyridine rings is 1. The molecule has 7 nitrogen and oxygen atoms in total. The van der Waals surface area contributed by atoms with Crippen LogP contribution in [0.4, 0.5) is 10.8 Å². The second-order valence-electron chi connectivity index (χ2n) is 7.33. The lowest BCUT2D eigenvalue weighted by atomic mass is 10.1. The van der Waals surface area contributed by atoms with Crippen molar-refractivity contribution < 1.29 is 9.72 Å². The molecule has 0 N–H and O–H groups in total. The van der Waals surface area contributed by atoms with Crippen molar-refractivity contribution in [1.29, 1.82) is 0 Å². The number of non-ortho nitro benzene ring substituents is 1. The number of hydrogen-bond acceptors (Lipinski definition) is 6. The van der Waals surface area contributed by atoms with E-state index in [1.54, 1.807) is 23.2 Å². The molecular formula is C23H20N4O3S. The molecule has 2 aromatic carbocycles. The number of nitrogens with zero attached hydrogens (tertiary/aromatic N) is 4. The topological polar surface area (TPSA) is 89.2 Å². The number of benzene rings is 2. The first-order valence-electron chi connectivity index (χ1n) is 9.72. The Hall–Kier alpha value is -3.65. The number of amides is 1. The second kappa shape index (κ2) is 8.61. The lowest BCUT2D eigenvalue weighted by Gasteiger charge is -2.19. The zero-order valence-corrected chi connectivity index (χ0v) is 17.9. The summed E-state index contributed by atoms with van der Waals surface area (Å²) in [6.45, 7) is 4.36.